The third-order valence-electron chi connectivity index (χ3n) is 6.57. The number of carbonyl (C=O) groups excluding carboxylic acids is 2. The van der Waals surface area contributed by atoms with Crippen LogP contribution in [0, 0.1) is 6.92 Å². The van der Waals surface area contributed by atoms with E-state index in [0.29, 0.717) is 31.9 Å². The van der Waals surface area contributed by atoms with Crippen molar-refractivity contribution in [3.63, 3.8) is 0 Å². The molecule has 0 radical (unpaired) electrons. The molecule has 0 fully saturated rings. The van der Waals surface area contributed by atoms with E-state index in [-0.39, 0.29) is 44.2 Å². The summed E-state index contributed by atoms with van der Waals surface area (Å²) in [6.07, 6.45) is 1.57. The van der Waals surface area contributed by atoms with E-state index in [9.17, 15) is 18.0 Å². The van der Waals surface area contributed by atoms with Crippen molar-refractivity contribution in [2.45, 2.75) is 38.8 Å². The maximum atomic E-state index is 13.8. The third-order valence-corrected chi connectivity index (χ3v) is 8.87. The number of benzene rings is 3. The van der Waals surface area contributed by atoms with Crippen LogP contribution in [-0.2, 0) is 32.6 Å². The van der Waals surface area contributed by atoms with Gasteiger partial charge in [0.05, 0.1) is 11.9 Å². The van der Waals surface area contributed by atoms with Gasteiger partial charge in [0.1, 0.15) is 6.04 Å². The molecule has 0 aliphatic heterocycles. The Morgan fingerprint density at radius 2 is 1.50 bits per heavy atom. The highest BCUT2D eigenvalue weighted by molar-refractivity contribution is 7.92. The van der Waals surface area contributed by atoms with E-state index < -0.39 is 16.1 Å². The highest BCUT2D eigenvalue weighted by atomic mass is 35.5. The van der Waals surface area contributed by atoms with Gasteiger partial charge < -0.3 is 10.2 Å². The third kappa shape index (κ3) is 8.13. The van der Waals surface area contributed by atoms with Crippen molar-refractivity contribution in [2.24, 2.45) is 0 Å². The maximum Gasteiger partial charge on any atom is 0.242 e. The second kappa shape index (κ2) is 14.2. The van der Waals surface area contributed by atoms with Crippen molar-refractivity contribution in [3.8, 4) is 0 Å². The van der Waals surface area contributed by atoms with Gasteiger partial charge in [0.2, 0.25) is 21.8 Å². The van der Waals surface area contributed by atoms with Gasteiger partial charge in [0, 0.05) is 53.6 Å². The van der Waals surface area contributed by atoms with Crippen LogP contribution >= 0.6 is 34.8 Å². The van der Waals surface area contributed by atoms with Gasteiger partial charge in [-0.05, 0) is 48.7 Å². The molecule has 0 aliphatic carbocycles. The number of halogens is 3. The molecule has 0 spiro atoms. The smallest absolute Gasteiger partial charge is 0.242 e. The summed E-state index contributed by atoms with van der Waals surface area (Å²) in [6.45, 7) is 1.80. The summed E-state index contributed by atoms with van der Waals surface area (Å²) in [7, 11) is -2.14. The van der Waals surface area contributed by atoms with Crippen molar-refractivity contribution < 1.29 is 18.0 Å². The van der Waals surface area contributed by atoms with Gasteiger partial charge in [-0.25, -0.2) is 8.42 Å². The van der Waals surface area contributed by atoms with Crippen LogP contribution in [0.4, 0.5) is 5.69 Å². The molecule has 3 aromatic carbocycles. The molecule has 40 heavy (non-hydrogen) atoms. The van der Waals surface area contributed by atoms with Crippen molar-refractivity contribution in [2.75, 3.05) is 24.2 Å². The molecule has 0 bridgehead atoms. The Kier molecular flexibility index (Phi) is 11.3. The second-order valence-electron chi connectivity index (χ2n) is 9.36. The summed E-state index contributed by atoms with van der Waals surface area (Å²) in [4.78, 5) is 28.4. The number of nitrogens with zero attached hydrogens (tertiary/aromatic N) is 2. The number of hydrogen-bond donors (Lipinski definition) is 1. The Bertz CT molecular complexity index is 1430. The van der Waals surface area contributed by atoms with Crippen LogP contribution in [0.3, 0.4) is 0 Å². The van der Waals surface area contributed by atoms with E-state index in [1.165, 1.54) is 16.3 Å². The minimum absolute atomic E-state index is 0.00541. The van der Waals surface area contributed by atoms with Gasteiger partial charge in [0.25, 0.3) is 0 Å². The Morgan fingerprint density at radius 1 is 0.900 bits per heavy atom. The van der Waals surface area contributed by atoms with Crippen LogP contribution in [0.5, 0.6) is 0 Å². The number of sulfonamides is 1. The van der Waals surface area contributed by atoms with Crippen LogP contribution < -0.4 is 9.62 Å². The summed E-state index contributed by atoms with van der Waals surface area (Å²) in [5, 5.41) is 3.86. The number of hydrogen-bond acceptors (Lipinski definition) is 4. The van der Waals surface area contributed by atoms with E-state index in [1.54, 1.807) is 43.3 Å². The summed E-state index contributed by atoms with van der Waals surface area (Å²) < 4.78 is 26.6. The zero-order valence-corrected chi connectivity index (χ0v) is 25.6. The molecule has 2 amide bonds. The van der Waals surface area contributed by atoms with Crippen LogP contribution in [-0.4, -0.2) is 51.0 Å². The van der Waals surface area contributed by atoms with Crippen LogP contribution in [0.15, 0.2) is 66.7 Å². The Labute approximate surface area is 251 Å². The summed E-state index contributed by atoms with van der Waals surface area (Å²) >= 11 is 19.1. The zero-order chi connectivity index (χ0) is 29.4. The fourth-order valence-corrected chi connectivity index (χ4v) is 6.13. The van der Waals surface area contributed by atoms with Crippen molar-refractivity contribution in [1.29, 1.82) is 0 Å². The van der Waals surface area contributed by atoms with E-state index in [4.69, 9.17) is 34.8 Å². The first-order valence-electron chi connectivity index (χ1n) is 12.6. The number of amides is 2. The molecule has 1 N–H and O–H groups in total. The average molecular weight is 625 g/mol. The van der Waals surface area contributed by atoms with Gasteiger partial charge in [-0.1, -0.05) is 77.3 Å². The fraction of sp³-hybridized carbons (Fsp3) is 0.310. The lowest BCUT2D eigenvalue weighted by Crippen LogP contribution is -2.50. The second-order valence-corrected chi connectivity index (χ2v) is 12.5. The fourth-order valence-electron chi connectivity index (χ4n) is 4.42. The lowest BCUT2D eigenvalue weighted by Gasteiger charge is -2.32. The van der Waals surface area contributed by atoms with Crippen molar-refractivity contribution in [3.05, 3.63) is 98.5 Å². The molecule has 0 heterocycles. The van der Waals surface area contributed by atoms with E-state index in [2.05, 4.69) is 5.32 Å². The van der Waals surface area contributed by atoms with Gasteiger partial charge >= 0.3 is 0 Å². The first-order valence-corrected chi connectivity index (χ1v) is 15.6. The number of rotatable bonds is 12. The standard InChI is InChI=1S/C29H32Cl3N3O4S/c1-20-23(30)12-8-15-26(20)35(40(3,38)39)17-9-16-28(36)34(19-22-24(31)13-7-14-25(22)32)27(29(37)33-2)18-21-10-5-4-6-11-21/h4-8,10-15,27H,9,16-19H2,1-3H3,(H,33,37). The average Bonchev–Trinajstić information content (AvgIpc) is 2.91. The van der Waals surface area contributed by atoms with Gasteiger partial charge in [-0.3, -0.25) is 13.9 Å². The molecule has 0 aliphatic rings. The number of likely N-dealkylation sites (N-methyl/N-ethyl adjacent to an activating group) is 1. The lowest BCUT2D eigenvalue weighted by molar-refractivity contribution is -0.141. The highest BCUT2D eigenvalue weighted by Gasteiger charge is 2.31. The molecule has 11 heteroatoms. The number of nitrogens with one attached hydrogen (secondary N) is 1. The molecule has 1 atom stereocenters. The monoisotopic (exact) mass is 623 g/mol. The van der Waals surface area contributed by atoms with Crippen LogP contribution in [0.25, 0.3) is 0 Å². The topological polar surface area (TPSA) is 86.8 Å². The van der Waals surface area contributed by atoms with Crippen LogP contribution in [0.1, 0.15) is 29.5 Å². The van der Waals surface area contributed by atoms with Gasteiger partial charge in [-0.15, -0.1) is 0 Å². The molecule has 3 aromatic rings. The summed E-state index contributed by atoms with van der Waals surface area (Å²) in [6, 6.07) is 18.6. The predicted octanol–water partition coefficient (Wildman–Crippen LogP) is 5.89. The van der Waals surface area contributed by atoms with E-state index in [1.807, 2.05) is 30.3 Å². The largest absolute Gasteiger partial charge is 0.357 e. The van der Waals surface area contributed by atoms with Gasteiger partial charge in [-0.2, -0.15) is 0 Å². The summed E-state index contributed by atoms with van der Waals surface area (Å²) in [5.41, 5.74) is 2.47. The minimum atomic E-state index is -3.66. The molecule has 3 rings (SSSR count). The van der Waals surface area contributed by atoms with Gasteiger partial charge in [0.15, 0.2) is 0 Å². The normalized spacial score (nSPS) is 12.1. The molecule has 0 aromatic heterocycles. The Balaban J connectivity index is 1.91. The predicted molar refractivity (Wildman–Crippen MR) is 163 cm³/mol. The van der Waals surface area contributed by atoms with E-state index in [0.717, 1.165) is 11.8 Å². The molecule has 0 saturated heterocycles. The molecule has 214 valence electrons. The minimum Gasteiger partial charge on any atom is -0.357 e. The lowest BCUT2D eigenvalue weighted by atomic mass is 10.0. The number of carbonyl (C=O) groups is 2. The molecule has 7 nitrogen and oxygen atoms in total. The highest BCUT2D eigenvalue weighted by Crippen LogP contribution is 2.30. The van der Waals surface area contributed by atoms with Crippen molar-refractivity contribution in [1.82, 2.24) is 10.2 Å². The zero-order valence-electron chi connectivity index (χ0n) is 22.5. The molecule has 1 unspecified atom stereocenters. The van der Waals surface area contributed by atoms with Crippen molar-refractivity contribution >= 4 is 62.3 Å². The van der Waals surface area contributed by atoms with E-state index >= 15 is 0 Å². The number of anilines is 1. The maximum absolute atomic E-state index is 13.8. The molecular weight excluding hydrogens is 593 g/mol. The quantitative estimate of drug-likeness (QED) is 0.272. The summed E-state index contributed by atoms with van der Waals surface area (Å²) in [5.74, 6) is -0.676. The SMILES string of the molecule is CNC(=O)C(Cc1ccccc1)N(Cc1c(Cl)cccc1Cl)C(=O)CCCN(c1cccc(Cl)c1C)S(C)(=O)=O. The molecular formula is C29H32Cl3N3O4S. The Hall–Kier alpha value is -2.78. The Morgan fingerprint density at radius 3 is 2.10 bits per heavy atom. The molecule has 0 saturated carbocycles. The first kappa shape index (κ1) is 31.7. The van der Waals surface area contributed by atoms with Crippen LogP contribution in [0.2, 0.25) is 15.1 Å². The first-order chi connectivity index (χ1) is 18.9.